The summed E-state index contributed by atoms with van der Waals surface area (Å²) in [6.07, 6.45) is 7.74. The third-order valence-electron chi connectivity index (χ3n) is 5.20. The van der Waals surface area contributed by atoms with Crippen molar-refractivity contribution in [3.63, 3.8) is 0 Å². The van der Waals surface area contributed by atoms with Gasteiger partial charge in [0, 0.05) is 25.7 Å². The van der Waals surface area contributed by atoms with Gasteiger partial charge in [-0.25, -0.2) is 4.79 Å². The van der Waals surface area contributed by atoms with Gasteiger partial charge in [0.25, 0.3) is 5.89 Å². The number of allylic oxidation sites excluding steroid dienone is 3. The molecular weight excluding hydrogens is 412 g/mol. The maximum absolute atomic E-state index is 13.2. The standard InChI is InChI=1S/C23H25N4O5/c1-3-31-17-9-6-8-16(14-17)21-24-20(32-25-21)15-27-19-11-5-4-10-18(19)22(28)26(23(27)29)12-7-13-30-2/h4-6,8-11,14,18H,3,7,12-13,15H2,1-2H3/q+1. The minimum Gasteiger partial charge on any atom is -0.494 e. The smallest absolute Gasteiger partial charge is 0.494 e. The van der Waals surface area contributed by atoms with Crippen LogP contribution in [0.25, 0.3) is 11.4 Å². The van der Waals surface area contributed by atoms with Gasteiger partial charge >= 0.3 is 11.9 Å². The predicted octanol–water partition coefficient (Wildman–Crippen LogP) is 2.83. The number of nitrogens with zero attached hydrogens (tertiary/aromatic N) is 4. The molecule has 9 nitrogen and oxygen atoms in total. The zero-order valence-corrected chi connectivity index (χ0v) is 18.1. The molecule has 1 unspecified atom stereocenters. The highest BCUT2D eigenvalue weighted by molar-refractivity contribution is 6.16. The molecule has 0 fully saturated rings. The van der Waals surface area contributed by atoms with Crippen molar-refractivity contribution in [3.05, 3.63) is 54.5 Å². The Morgan fingerprint density at radius 2 is 2.12 bits per heavy atom. The molecule has 2 aromatic rings. The number of ether oxygens (including phenoxy) is 2. The molecule has 9 heteroatoms. The van der Waals surface area contributed by atoms with Gasteiger partial charge < -0.3 is 14.0 Å². The van der Waals surface area contributed by atoms with E-state index < -0.39 is 11.9 Å². The average Bonchev–Trinajstić information content (AvgIpc) is 3.28. The Morgan fingerprint density at radius 3 is 2.94 bits per heavy atom. The lowest BCUT2D eigenvalue weighted by atomic mass is 9.94. The summed E-state index contributed by atoms with van der Waals surface area (Å²) >= 11 is 0. The van der Waals surface area contributed by atoms with E-state index in [2.05, 4.69) is 10.1 Å². The molecule has 0 spiro atoms. The summed E-state index contributed by atoms with van der Waals surface area (Å²) in [7, 11) is 1.59. The first-order valence-electron chi connectivity index (χ1n) is 10.5. The number of hydrogen-bond donors (Lipinski definition) is 0. The summed E-state index contributed by atoms with van der Waals surface area (Å²) in [5.74, 6) is 0.628. The Morgan fingerprint density at radius 1 is 1.25 bits per heavy atom. The zero-order valence-electron chi connectivity index (χ0n) is 18.1. The molecule has 1 aromatic heterocycles. The van der Waals surface area contributed by atoms with Gasteiger partial charge in [0.2, 0.25) is 5.82 Å². The third kappa shape index (κ3) is 4.38. The Bertz CT molecular complexity index is 1100. The van der Waals surface area contributed by atoms with Crippen LogP contribution in [0.15, 0.2) is 53.1 Å². The highest BCUT2D eigenvalue weighted by Gasteiger charge is 2.46. The van der Waals surface area contributed by atoms with Gasteiger partial charge in [-0.1, -0.05) is 35.5 Å². The number of carbonyl (C=O) groups excluding carboxylic acids is 2. The fourth-order valence-electron chi connectivity index (χ4n) is 3.71. The average molecular weight is 437 g/mol. The predicted molar refractivity (Wildman–Crippen MR) is 115 cm³/mol. The van der Waals surface area contributed by atoms with Crippen LogP contribution in [-0.2, 0) is 16.1 Å². The fourth-order valence-corrected chi connectivity index (χ4v) is 3.71. The number of amides is 3. The van der Waals surface area contributed by atoms with E-state index in [0.29, 0.717) is 36.9 Å². The van der Waals surface area contributed by atoms with Gasteiger partial charge in [-0.2, -0.15) is 19.3 Å². The van der Waals surface area contributed by atoms with E-state index >= 15 is 0 Å². The van der Waals surface area contributed by atoms with E-state index in [9.17, 15) is 9.59 Å². The number of benzene rings is 1. The Hall–Kier alpha value is -3.59. The van der Waals surface area contributed by atoms with Crippen LogP contribution in [-0.4, -0.2) is 64.1 Å². The van der Waals surface area contributed by atoms with Crippen LogP contribution in [0.4, 0.5) is 4.79 Å². The van der Waals surface area contributed by atoms with Gasteiger partial charge in [-0.3, -0.25) is 0 Å². The molecule has 0 radical (unpaired) electrons. The van der Waals surface area contributed by atoms with Crippen LogP contribution >= 0.6 is 0 Å². The van der Waals surface area contributed by atoms with E-state index in [1.54, 1.807) is 25.3 Å². The van der Waals surface area contributed by atoms with Crippen LogP contribution in [0.5, 0.6) is 5.75 Å². The second-order valence-electron chi connectivity index (χ2n) is 7.32. The first-order valence-corrected chi connectivity index (χ1v) is 10.5. The van der Waals surface area contributed by atoms with Crippen molar-refractivity contribution in [2.75, 3.05) is 26.9 Å². The molecule has 3 amide bonds. The first kappa shape index (κ1) is 21.6. The van der Waals surface area contributed by atoms with Crippen LogP contribution < -0.4 is 4.74 Å². The quantitative estimate of drug-likeness (QED) is 0.439. The van der Waals surface area contributed by atoms with Crippen LogP contribution in [0, 0.1) is 5.92 Å². The molecule has 2 heterocycles. The molecule has 0 saturated carbocycles. The molecule has 32 heavy (non-hydrogen) atoms. The molecule has 2 aliphatic rings. The van der Waals surface area contributed by atoms with Gasteiger partial charge in [0.15, 0.2) is 6.54 Å². The molecule has 1 aromatic carbocycles. The van der Waals surface area contributed by atoms with Gasteiger partial charge in [-0.05, 0) is 25.1 Å². The number of hydrogen-bond acceptors (Lipinski definition) is 7. The lowest BCUT2D eigenvalue weighted by Crippen LogP contribution is -2.54. The molecule has 0 saturated heterocycles. The van der Waals surface area contributed by atoms with E-state index in [1.165, 1.54) is 9.48 Å². The number of imide groups is 1. The minimum absolute atomic E-state index is 0.0645. The van der Waals surface area contributed by atoms with E-state index in [0.717, 1.165) is 5.56 Å². The number of urea groups is 1. The number of carbonyl (C=O) groups is 2. The lowest BCUT2D eigenvalue weighted by Gasteiger charge is -2.26. The van der Waals surface area contributed by atoms with E-state index in [4.69, 9.17) is 14.0 Å². The van der Waals surface area contributed by atoms with Crippen molar-refractivity contribution >= 4 is 17.6 Å². The summed E-state index contributed by atoms with van der Waals surface area (Å²) in [6.45, 7) is 3.27. The Kier molecular flexibility index (Phi) is 6.55. The largest absolute Gasteiger partial charge is 0.501 e. The molecule has 1 aliphatic heterocycles. The van der Waals surface area contributed by atoms with Crippen molar-refractivity contribution < 1.29 is 28.2 Å². The second kappa shape index (κ2) is 9.69. The Labute approximate surface area is 185 Å². The van der Waals surface area contributed by atoms with E-state index in [1.807, 2.05) is 37.3 Å². The van der Waals surface area contributed by atoms with Gasteiger partial charge in [0.05, 0.1) is 13.2 Å². The summed E-state index contributed by atoms with van der Waals surface area (Å²) in [6, 6.07) is 7.00. The summed E-state index contributed by atoms with van der Waals surface area (Å²) in [5, 5.41) is 4.06. The molecule has 4 rings (SSSR count). The number of methoxy groups -OCH3 is 1. The van der Waals surface area contributed by atoms with Crippen molar-refractivity contribution in [1.82, 2.24) is 15.0 Å². The van der Waals surface area contributed by atoms with Gasteiger partial charge in [0.1, 0.15) is 17.4 Å². The fraction of sp³-hybridized carbons (Fsp3) is 0.348. The van der Waals surface area contributed by atoms with E-state index in [-0.39, 0.29) is 24.9 Å². The highest BCUT2D eigenvalue weighted by Crippen LogP contribution is 2.24. The molecule has 0 N–H and O–H groups in total. The number of fused-ring (bicyclic) bond motifs is 1. The zero-order chi connectivity index (χ0) is 22.5. The minimum atomic E-state index is -0.523. The second-order valence-corrected chi connectivity index (χ2v) is 7.32. The number of rotatable bonds is 9. The summed E-state index contributed by atoms with van der Waals surface area (Å²) in [5.41, 5.74) is 1.35. The normalized spacial score (nSPS) is 17.8. The maximum atomic E-state index is 13.2. The van der Waals surface area contributed by atoms with Gasteiger partial charge in [-0.15, -0.1) is 0 Å². The van der Waals surface area contributed by atoms with Crippen molar-refractivity contribution in [2.24, 2.45) is 5.92 Å². The van der Waals surface area contributed by atoms with Crippen LogP contribution in [0.3, 0.4) is 0 Å². The highest BCUT2D eigenvalue weighted by atomic mass is 16.5. The summed E-state index contributed by atoms with van der Waals surface area (Å²) < 4.78 is 17.6. The lowest BCUT2D eigenvalue weighted by molar-refractivity contribution is -0.460. The number of aromatic nitrogens is 2. The van der Waals surface area contributed by atoms with Crippen LogP contribution in [0.1, 0.15) is 19.2 Å². The third-order valence-corrected chi connectivity index (χ3v) is 5.20. The molecule has 1 aliphatic carbocycles. The molecule has 1 atom stereocenters. The van der Waals surface area contributed by atoms with Crippen molar-refractivity contribution in [2.45, 2.75) is 19.9 Å². The van der Waals surface area contributed by atoms with Crippen molar-refractivity contribution in [1.29, 1.82) is 0 Å². The Balaban J connectivity index is 1.60. The molecular formula is C23H25N4O5+. The first-order chi connectivity index (χ1) is 15.6. The maximum Gasteiger partial charge on any atom is 0.501 e. The van der Waals surface area contributed by atoms with Crippen molar-refractivity contribution in [3.8, 4) is 17.1 Å². The summed E-state index contributed by atoms with van der Waals surface area (Å²) in [4.78, 5) is 31.8. The SMILES string of the molecule is CCOc1cccc(-c2noc(C[N+]3=C4C=CC=CC4C(=O)N(CCCOC)C3=O)n2)c1. The monoisotopic (exact) mass is 437 g/mol. The molecule has 166 valence electrons. The topological polar surface area (TPSA) is 97.8 Å². The van der Waals surface area contributed by atoms with Crippen LogP contribution in [0.2, 0.25) is 0 Å². The molecule has 0 bridgehead atoms.